The molecule has 110 valence electrons. The highest BCUT2D eigenvalue weighted by molar-refractivity contribution is 7.98. The summed E-state index contributed by atoms with van der Waals surface area (Å²) < 4.78 is 38.5. The number of anilines is 1. The molecule has 1 unspecified atom stereocenters. The highest BCUT2D eigenvalue weighted by Gasteiger charge is 2.33. The van der Waals surface area contributed by atoms with Crippen LogP contribution in [0, 0.1) is 11.3 Å². The summed E-state index contributed by atoms with van der Waals surface area (Å²) in [5.74, 6) is 0.669. The molecular formula is C13H15F3N2OS. The van der Waals surface area contributed by atoms with Crippen molar-refractivity contribution in [3.05, 3.63) is 29.3 Å². The van der Waals surface area contributed by atoms with E-state index in [9.17, 15) is 13.2 Å². The molecule has 0 aliphatic carbocycles. The van der Waals surface area contributed by atoms with Crippen molar-refractivity contribution in [3.8, 4) is 6.07 Å². The SMILES string of the molecule is CSCC(CCO)Nc1ccc(C#N)c(C(F)(F)F)c1. The minimum absolute atomic E-state index is 0.0410. The molecule has 1 atom stereocenters. The molecule has 0 bridgehead atoms. The van der Waals surface area contributed by atoms with Crippen molar-refractivity contribution < 1.29 is 18.3 Å². The zero-order valence-corrected chi connectivity index (χ0v) is 11.7. The molecule has 3 nitrogen and oxygen atoms in total. The van der Waals surface area contributed by atoms with Crippen LogP contribution in [0.5, 0.6) is 0 Å². The van der Waals surface area contributed by atoms with Gasteiger partial charge in [0, 0.05) is 24.1 Å². The Kier molecular flexibility index (Phi) is 6.17. The fraction of sp³-hybridized carbons (Fsp3) is 0.462. The first-order chi connectivity index (χ1) is 9.42. The number of nitrogens with one attached hydrogen (secondary N) is 1. The molecule has 0 amide bonds. The standard InChI is InChI=1S/C13H15F3N2OS/c1-20-8-11(4-5-19)18-10-3-2-9(7-17)12(6-10)13(14,15)16/h2-3,6,11,18-19H,4-5,8H2,1H3. The molecule has 7 heteroatoms. The predicted octanol–water partition coefficient (Wildman–Crippen LogP) is 3.10. The van der Waals surface area contributed by atoms with E-state index in [2.05, 4.69) is 5.32 Å². The van der Waals surface area contributed by atoms with Gasteiger partial charge in [0.15, 0.2) is 0 Å². The first kappa shape index (κ1) is 16.7. The Balaban J connectivity index is 3.00. The van der Waals surface area contributed by atoms with Crippen molar-refractivity contribution in [2.24, 2.45) is 0 Å². The van der Waals surface area contributed by atoms with Gasteiger partial charge in [0.05, 0.1) is 17.2 Å². The third-order valence-electron chi connectivity index (χ3n) is 2.66. The number of thioether (sulfide) groups is 1. The van der Waals surface area contributed by atoms with Crippen LogP contribution < -0.4 is 5.32 Å². The normalized spacial score (nSPS) is 12.8. The maximum atomic E-state index is 12.8. The summed E-state index contributed by atoms with van der Waals surface area (Å²) in [6.45, 7) is -0.0410. The van der Waals surface area contributed by atoms with E-state index in [1.54, 1.807) is 6.07 Å². The third kappa shape index (κ3) is 4.62. The van der Waals surface area contributed by atoms with Gasteiger partial charge >= 0.3 is 6.18 Å². The number of alkyl halides is 3. The molecule has 0 heterocycles. The Hall–Kier alpha value is -1.39. The molecule has 0 saturated carbocycles. The van der Waals surface area contributed by atoms with E-state index >= 15 is 0 Å². The second-order valence-corrected chi connectivity index (χ2v) is 5.09. The van der Waals surface area contributed by atoms with Crippen molar-refractivity contribution in [2.75, 3.05) is 23.9 Å². The number of hydrogen-bond acceptors (Lipinski definition) is 4. The first-order valence-corrected chi connectivity index (χ1v) is 7.29. The number of halogens is 3. The fourth-order valence-electron chi connectivity index (χ4n) is 1.76. The van der Waals surface area contributed by atoms with Gasteiger partial charge in [-0.2, -0.15) is 30.2 Å². The average Bonchev–Trinajstić information content (AvgIpc) is 2.38. The Labute approximate surface area is 119 Å². The van der Waals surface area contributed by atoms with Crippen molar-refractivity contribution >= 4 is 17.4 Å². The minimum atomic E-state index is -4.56. The Morgan fingerprint density at radius 1 is 1.45 bits per heavy atom. The maximum absolute atomic E-state index is 12.8. The molecule has 1 aromatic rings. The summed E-state index contributed by atoms with van der Waals surface area (Å²) in [6.07, 6.45) is -2.23. The van der Waals surface area contributed by atoms with Crippen LogP contribution >= 0.6 is 11.8 Å². The Bertz CT molecular complexity index is 479. The topological polar surface area (TPSA) is 56.0 Å². The van der Waals surface area contributed by atoms with Crippen molar-refractivity contribution in [3.63, 3.8) is 0 Å². The number of hydrogen-bond donors (Lipinski definition) is 2. The molecule has 1 rings (SSSR count). The van der Waals surface area contributed by atoms with Crippen molar-refractivity contribution in [1.29, 1.82) is 5.26 Å². The summed E-state index contributed by atoms with van der Waals surface area (Å²) in [7, 11) is 0. The summed E-state index contributed by atoms with van der Waals surface area (Å²) in [6, 6.07) is 4.95. The summed E-state index contributed by atoms with van der Waals surface area (Å²) >= 11 is 1.54. The van der Waals surface area contributed by atoms with Gasteiger partial charge in [0.1, 0.15) is 0 Å². The summed E-state index contributed by atoms with van der Waals surface area (Å²) in [5, 5.41) is 20.6. The highest BCUT2D eigenvalue weighted by Crippen LogP contribution is 2.33. The molecule has 0 fully saturated rings. The zero-order chi connectivity index (χ0) is 15.2. The second-order valence-electron chi connectivity index (χ2n) is 4.18. The molecule has 0 radical (unpaired) electrons. The van der Waals surface area contributed by atoms with Gasteiger partial charge in [0.2, 0.25) is 0 Å². The van der Waals surface area contributed by atoms with Crippen LogP contribution in [0.4, 0.5) is 18.9 Å². The van der Waals surface area contributed by atoms with Crippen molar-refractivity contribution in [1.82, 2.24) is 0 Å². The van der Waals surface area contributed by atoms with Crippen LogP contribution in [0.3, 0.4) is 0 Å². The smallest absolute Gasteiger partial charge is 0.396 e. The van der Waals surface area contributed by atoms with Gasteiger partial charge in [-0.1, -0.05) is 0 Å². The minimum Gasteiger partial charge on any atom is -0.396 e. The maximum Gasteiger partial charge on any atom is 0.417 e. The quantitative estimate of drug-likeness (QED) is 0.848. The lowest BCUT2D eigenvalue weighted by atomic mass is 10.1. The van der Waals surface area contributed by atoms with Gasteiger partial charge in [-0.25, -0.2) is 0 Å². The third-order valence-corrected chi connectivity index (χ3v) is 3.40. The molecule has 20 heavy (non-hydrogen) atoms. The van der Waals surface area contributed by atoms with Gasteiger partial charge < -0.3 is 10.4 Å². The average molecular weight is 304 g/mol. The van der Waals surface area contributed by atoms with E-state index in [-0.39, 0.29) is 12.6 Å². The zero-order valence-electron chi connectivity index (χ0n) is 10.9. The monoisotopic (exact) mass is 304 g/mol. The molecule has 1 aromatic carbocycles. The Morgan fingerprint density at radius 3 is 2.65 bits per heavy atom. The number of rotatable bonds is 6. The van der Waals surface area contributed by atoms with Crippen LogP contribution in [0.15, 0.2) is 18.2 Å². The molecular weight excluding hydrogens is 289 g/mol. The van der Waals surface area contributed by atoms with E-state index in [1.807, 2.05) is 6.26 Å². The second kappa shape index (κ2) is 7.41. The number of aliphatic hydroxyl groups excluding tert-OH is 1. The molecule has 0 spiro atoms. The van der Waals surface area contributed by atoms with Gasteiger partial charge in [-0.15, -0.1) is 0 Å². The number of aliphatic hydroxyl groups is 1. The van der Waals surface area contributed by atoms with E-state index in [1.165, 1.54) is 17.8 Å². The fourth-order valence-corrected chi connectivity index (χ4v) is 2.41. The van der Waals surface area contributed by atoms with Gasteiger partial charge in [0.25, 0.3) is 0 Å². The molecule has 0 aliphatic rings. The number of benzene rings is 1. The molecule has 0 aliphatic heterocycles. The molecule has 0 saturated heterocycles. The summed E-state index contributed by atoms with van der Waals surface area (Å²) in [4.78, 5) is 0. The lowest BCUT2D eigenvalue weighted by molar-refractivity contribution is -0.137. The Morgan fingerprint density at radius 2 is 2.15 bits per heavy atom. The van der Waals surface area contributed by atoms with Crippen LogP contribution in [-0.4, -0.2) is 29.8 Å². The van der Waals surface area contributed by atoms with E-state index in [4.69, 9.17) is 10.4 Å². The molecule has 2 N–H and O–H groups in total. The predicted molar refractivity (Wildman–Crippen MR) is 73.7 cm³/mol. The van der Waals surface area contributed by atoms with Gasteiger partial charge in [-0.3, -0.25) is 0 Å². The van der Waals surface area contributed by atoms with Gasteiger partial charge in [-0.05, 0) is 30.9 Å². The van der Waals surface area contributed by atoms with Crippen LogP contribution in [0.25, 0.3) is 0 Å². The van der Waals surface area contributed by atoms with Crippen LogP contribution in [-0.2, 0) is 6.18 Å². The number of nitriles is 1. The van der Waals surface area contributed by atoms with Crippen LogP contribution in [0.2, 0.25) is 0 Å². The summed E-state index contributed by atoms with van der Waals surface area (Å²) in [5.41, 5.74) is -1.05. The lowest BCUT2D eigenvalue weighted by Gasteiger charge is -2.19. The first-order valence-electron chi connectivity index (χ1n) is 5.90. The molecule has 0 aromatic heterocycles. The van der Waals surface area contributed by atoms with Crippen molar-refractivity contribution in [2.45, 2.75) is 18.6 Å². The lowest BCUT2D eigenvalue weighted by Crippen LogP contribution is -2.24. The highest BCUT2D eigenvalue weighted by atomic mass is 32.2. The van der Waals surface area contributed by atoms with E-state index in [0.29, 0.717) is 17.9 Å². The largest absolute Gasteiger partial charge is 0.417 e. The van der Waals surface area contributed by atoms with E-state index in [0.717, 1.165) is 12.1 Å². The number of nitrogens with zero attached hydrogens (tertiary/aromatic N) is 1. The van der Waals surface area contributed by atoms with E-state index < -0.39 is 17.3 Å². The van der Waals surface area contributed by atoms with Crippen LogP contribution in [0.1, 0.15) is 17.5 Å².